The highest BCUT2D eigenvalue weighted by molar-refractivity contribution is 7.86. The van der Waals surface area contributed by atoms with E-state index in [2.05, 4.69) is 33.8 Å². The van der Waals surface area contributed by atoms with Crippen LogP contribution in [0.25, 0.3) is 0 Å². The number of aromatic nitrogens is 2. The molecule has 0 saturated heterocycles. The molecule has 0 fully saturated rings. The summed E-state index contributed by atoms with van der Waals surface area (Å²) < 4.78 is 138. The molecule has 0 bridgehead atoms. The van der Waals surface area contributed by atoms with Crippen LogP contribution in [0.5, 0.6) is 0 Å². The Morgan fingerprint density at radius 2 is 1.30 bits per heavy atom. The Hall–Kier alpha value is -2.42. The van der Waals surface area contributed by atoms with Crippen molar-refractivity contribution < 1.29 is 57.1 Å². The van der Waals surface area contributed by atoms with Gasteiger partial charge in [-0.25, -0.2) is 8.42 Å². The van der Waals surface area contributed by atoms with Gasteiger partial charge in [0.2, 0.25) is 0 Å². The molecule has 5 nitrogen and oxygen atoms in total. The molecule has 0 spiro atoms. The minimum Gasteiger partial charge on any atom is -0.743 e. The van der Waals surface area contributed by atoms with E-state index in [9.17, 15) is 52.5 Å². The lowest BCUT2D eigenvalue weighted by Crippen LogP contribution is -2.63. The first-order chi connectivity index (χ1) is 13.4. The van der Waals surface area contributed by atoms with Gasteiger partial charge in [-0.1, -0.05) is 30.3 Å². The van der Waals surface area contributed by atoms with E-state index in [1.807, 2.05) is 18.5 Å². The third-order valence-corrected chi connectivity index (χ3v) is 4.21. The van der Waals surface area contributed by atoms with Crippen molar-refractivity contribution in [1.29, 1.82) is 0 Å². The number of halogens is 9. The first kappa shape index (κ1) is 25.6. The zero-order chi connectivity index (χ0) is 23.4. The van der Waals surface area contributed by atoms with E-state index in [0.717, 1.165) is 6.54 Å². The lowest BCUT2D eigenvalue weighted by Gasteiger charge is -2.34. The number of hydrogen-bond acceptors (Lipinski definition) is 4. The van der Waals surface area contributed by atoms with Crippen molar-refractivity contribution in [3.63, 3.8) is 0 Å². The molecule has 1 aromatic carbocycles. The SMILES string of the molecule is O=S(=O)([O-])C(F)(F)C(F)(F)C(F)(F)C(F)(F)F.c1ccc(C[n+]2ccncc2)cc1. The standard InChI is InChI=1S/C11H11N2.C4HF9O3S/c1-2-4-11(5-3-1)10-13-8-6-12-7-9-13;5-1(6,3(9,10)11)2(7,8)4(12,13)17(14,15)16/h1-9H,10H2;(H,14,15,16)/q+1;/p-1. The van der Waals surface area contributed by atoms with Gasteiger partial charge >= 0.3 is 23.3 Å². The van der Waals surface area contributed by atoms with Gasteiger partial charge in [0.05, 0.1) is 12.4 Å². The van der Waals surface area contributed by atoms with Crippen LogP contribution in [0, 0.1) is 0 Å². The van der Waals surface area contributed by atoms with Crippen molar-refractivity contribution in [1.82, 2.24) is 4.98 Å². The van der Waals surface area contributed by atoms with Gasteiger partial charge in [-0.2, -0.15) is 44.1 Å². The van der Waals surface area contributed by atoms with Gasteiger partial charge in [0.25, 0.3) is 0 Å². The first-order valence-electron chi connectivity index (χ1n) is 7.43. The maximum atomic E-state index is 12.2. The zero-order valence-corrected chi connectivity index (χ0v) is 15.1. The van der Waals surface area contributed by atoms with Gasteiger partial charge in [0.1, 0.15) is 0 Å². The molecule has 0 aliphatic rings. The van der Waals surface area contributed by atoms with Gasteiger partial charge in [-0.3, -0.25) is 4.98 Å². The van der Waals surface area contributed by atoms with E-state index in [-0.39, 0.29) is 0 Å². The van der Waals surface area contributed by atoms with Crippen molar-refractivity contribution in [2.24, 2.45) is 0 Å². The van der Waals surface area contributed by atoms with E-state index >= 15 is 0 Å². The minimum atomic E-state index is -7.43. The van der Waals surface area contributed by atoms with Crippen molar-refractivity contribution in [2.45, 2.75) is 29.8 Å². The van der Waals surface area contributed by atoms with E-state index in [4.69, 9.17) is 0 Å². The maximum Gasteiger partial charge on any atom is 0.460 e. The summed E-state index contributed by atoms with van der Waals surface area (Å²) in [4.78, 5) is 3.97. The summed E-state index contributed by atoms with van der Waals surface area (Å²) in [7, 11) is -7.42. The van der Waals surface area contributed by atoms with Crippen LogP contribution in [0.4, 0.5) is 39.5 Å². The predicted octanol–water partition coefficient (Wildman–Crippen LogP) is 3.37. The molecule has 0 aliphatic heterocycles. The molecular weight excluding hydrogens is 459 g/mol. The summed E-state index contributed by atoms with van der Waals surface area (Å²) in [5.41, 5.74) is 1.30. The summed E-state index contributed by atoms with van der Waals surface area (Å²) in [5, 5.41) is -7.11. The molecule has 2 aromatic rings. The van der Waals surface area contributed by atoms with Crippen LogP contribution in [-0.2, 0) is 16.7 Å². The Morgan fingerprint density at radius 1 is 0.833 bits per heavy atom. The lowest BCUT2D eigenvalue weighted by molar-refractivity contribution is -0.688. The molecule has 168 valence electrons. The van der Waals surface area contributed by atoms with Crippen LogP contribution in [0.3, 0.4) is 0 Å². The second kappa shape index (κ2) is 8.75. The number of nitrogens with zero attached hydrogens (tertiary/aromatic N) is 2. The number of hydrogen-bond donors (Lipinski definition) is 0. The third-order valence-electron chi connectivity index (χ3n) is 3.33. The minimum absolute atomic E-state index is 0.906. The lowest BCUT2D eigenvalue weighted by atomic mass is 10.1. The number of alkyl halides is 9. The number of rotatable bonds is 5. The molecule has 2 rings (SSSR count). The van der Waals surface area contributed by atoms with Crippen LogP contribution >= 0.6 is 0 Å². The first-order valence-corrected chi connectivity index (χ1v) is 8.84. The zero-order valence-electron chi connectivity index (χ0n) is 14.3. The van der Waals surface area contributed by atoms with E-state index < -0.39 is 33.4 Å². The number of benzene rings is 1. The monoisotopic (exact) mass is 470 g/mol. The Labute approximate surface area is 163 Å². The average molecular weight is 470 g/mol. The highest BCUT2D eigenvalue weighted by Crippen LogP contribution is 2.54. The Balaban J connectivity index is 0.000000308. The fourth-order valence-corrected chi connectivity index (χ4v) is 2.21. The molecule has 0 unspecified atom stereocenters. The van der Waals surface area contributed by atoms with Gasteiger partial charge < -0.3 is 4.55 Å². The summed E-state index contributed by atoms with van der Waals surface area (Å²) in [6.45, 7) is 0.906. The Kier molecular flexibility index (Phi) is 7.47. The molecule has 1 aromatic heterocycles. The normalized spacial score (nSPS) is 13.4. The van der Waals surface area contributed by atoms with Crippen LogP contribution in [-0.4, -0.2) is 41.2 Å². The highest BCUT2D eigenvalue weighted by atomic mass is 32.2. The van der Waals surface area contributed by atoms with Gasteiger partial charge in [-0.15, -0.1) is 0 Å². The quantitative estimate of drug-likeness (QED) is 0.382. The van der Waals surface area contributed by atoms with Crippen molar-refractivity contribution in [2.75, 3.05) is 0 Å². The average Bonchev–Trinajstić information content (AvgIpc) is 2.62. The molecule has 0 radical (unpaired) electrons. The van der Waals surface area contributed by atoms with Crippen LogP contribution < -0.4 is 4.57 Å². The van der Waals surface area contributed by atoms with Crippen molar-refractivity contribution >= 4 is 10.1 Å². The van der Waals surface area contributed by atoms with E-state index in [1.54, 1.807) is 12.4 Å². The smallest absolute Gasteiger partial charge is 0.460 e. The Morgan fingerprint density at radius 3 is 1.70 bits per heavy atom. The molecule has 0 atom stereocenters. The molecule has 0 saturated carbocycles. The molecule has 0 aliphatic carbocycles. The molecule has 0 amide bonds. The van der Waals surface area contributed by atoms with Gasteiger partial charge in [0, 0.05) is 5.56 Å². The fraction of sp³-hybridized carbons (Fsp3) is 0.333. The Bertz CT molecular complexity index is 884. The molecule has 0 N–H and O–H groups in total. The summed E-state index contributed by atoms with van der Waals surface area (Å²) in [5.74, 6) is -14.8. The second-order valence-electron chi connectivity index (χ2n) is 5.52. The van der Waals surface area contributed by atoms with Crippen LogP contribution in [0.2, 0.25) is 0 Å². The van der Waals surface area contributed by atoms with E-state index in [0.29, 0.717) is 0 Å². The molecule has 30 heavy (non-hydrogen) atoms. The second-order valence-corrected chi connectivity index (χ2v) is 6.94. The third kappa shape index (κ3) is 5.38. The molecular formula is C15H11F9N2O3S. The van der Waals surface area contributed by atoms with Gasteiger partial charge in [-0.05, 0) is 0 Å². The van der Waals surface area contributed by atoms with Crippen LogP contribution in [0.15, 0.2) is 55.1 Å². The van der Waals surface area contributed by atoms with Crippen LogP contribution in [0.1, 0.15) is 5.56 Å². The van der Waals surface area contributed by atoms with Crippen molar-refractivity contribution in [3.05, 3.63) is 60.7 Å². The maximum absolute atomic E-state index is 12.2. The molecule has 1 heterocycles. The fourth-order valence-electron chi connectivity index (χ4n) is 1.77. The topological polar surface area (TPSA) is 74.0 Å². The molecule has 15 heteroatoms. The van der Waals surface area contributed by atoms with E-state index in [1.165, 1.54) is 5.56 Å². The summed E-state index contributed by atoms with van der Waals surface area (Å²) >= 11 is 0. The largest absolute Gasteiger partial charge is 0.743 e. The van der Waals surface area contributed by atoms with Gasteiger partial charge in [0.15, 0.2) is 29.1 Å². The highest BCUT2D eigenvalue weighted by Gasteiger charge is 2.83. The predicted molar refractivity (Wildman–Crippen MR) is 80.6 cm³/mol. The van der Waals surface area contributed by atoms with Crippen molar-refractivity contribution in [3.8, 4) is 0 Å². The summed E-state index contributed by atoms with van der Waals surface area (Å²) in [6.07, 6.45) is 0.358. The summed E-state index contributed by atoms with van der Waals surface area (Å²) in [6, 6.07) is 10.4.